The molecule has 0 aliphatic carbocycles. The highest BCUT2D eigenvalue weighted by Gasteiger charge is 2.36. The number of pyridine rings is 1. The highest BCUT2D eigenvalue weighted by Crippen LogP contribution is 2.54. The van der Waals surface area contributed by atoms with Crippen LogP contribution in [0, 0.1) is 0 Å². The highest BCUT2D eigenvalue weighted by atomic mass is 16.5. The van der Waals surface area contributed by atoms with Gasteiger partial charge in [-0.05, 0) is 36.8 Å². The molecule has 0 spiro atoms. The first-order chi connectivity index (χ1) is 20.7. The number of hydrogen-bond acceptors (Lipinski definition) is 5. The predicted molar refractivity (Wildman–Crippen MR) is 168 cm³/mol. The van der Waals surface area contributed by atoms with Crippen LogP contribution >= 0.6 is 0 Å². The molecule has 0 amide bonds. The number of aromatic nitrogens is 4. The fraction of sp³-hybridized carbons (Fsp3) is 0.229. The first-order valence-corrected chi connectivity index (χ1v) is 14.6. The molecule has 0 radical (unpaired) electrons. The average Bonchev–Trinajstić information content (AvgIpc) is 3.53. The van der Waals surface area contributed by atoms with Crippen molar-refractivity contribution in [1.82, 2.24) is 15.0 Å². The smallest absolute Gasteiger partial charge is 0.241 e. The second-order valence-corrected chi connectivity index (χ2v) is 10.6. The van der Waals surface area contributed by atoms with Crippen molar-refractivity contribution < 1.29 is 14.0 Å². The van der Waals surface area contributed by atoms with Gasteiger partial charge in [0.2, 0.25) is 11.0 Å². The molecule has 0 atom stereocenters. The van der Waals surface area contributed by atoms with Crippen molar-refractivity contribution in [2.24, 2.45) is 0 Å². The molecule has 7 rings (SSSR count). The highest BCUT2D eigenvalue weighted by molar-refractivity contribution is 6.21. The summed E-state index contributed by atoms with van der Waals surface area (Å²) in [5.41, 5.74) is 9.62. The van der Waals surface area contributed by atoms with E-state index >= 15 is 0 Å². The van der Waals surface area contributed by atoms with Gasteiger partial charge in [-0.2, -0.15) is 4.57 Å². The molecule has 6 aromatic rings. The Morgan fingerprint density at radius 3 is 2.24 bits per heavy atom. The Morgan fingerprint density at radius 2 is 1.48 bits per heavy atom. The van der Waals surface area contributed by atoms with Crippen molar-refractivity contribution in [2.45, 2.75) is 33.2 Å². The van der Waals surface area contributed by atoms with E-state index in [1.807, 2.05) is 29.1 Å². The Bertz CT molecular complexity index is 1950. The Hall–Kier alpha value is -4.91. The van der Waals surface area contributed by atoms with Crippen LogP contribution in [0.2, 0.25) is 0 Å². The third-order valence-electron chi connectivity index (χ3n) is 8.18. The molecule has 2 aromatic heterocycles. The van der Waals surface area contributed by atoms with Crippen molar-refractivity contribution in [3.05, 3.63) is 85.1 Å². The van der Waals surface area contributed by atoms with Gasteiger partial charge in [-0.15, -0.1) is 5.10 Å². The number of methoxy groups -OCH3 is 2. The zero-order valence-corrected chi connectivity index (χ0v) is 24.5. The molecule has 0 saturated heterocycles. The third kappa shape index (κ3) is 3.84. The second-order valence-electron chi connectivity index (χ2n) is 10.6. The SMILES string of the molecule is CCCN1c2cccc(OC)c2-c2c3c(OC)cccc3[n+](CCC)c3c(-n4cc(-c5ccccc5)nn4)ccc1c23. The normalized spacial score (nSPS) is 12.1. The van der Waals surface area contributed by atoms with Crippen molar-refractivity contribution in [3.63, 3.8) is 0 Å². The lowest BCUT2D eigenvalue weighted by Crippen LogP contribution is -2.37. The zero-order valence-electron chi connectivity index (χ0n) is 24.5. The van der Waals surface area contributed by atoms with Gasteiger partial charge in [0.15, 0.2) is 0 Å². The molecular formula is C35H34N5O2+. The Kier molecular flexibility index (Phi) is 6.50. The molecule has 0 unspecified atom stereocenters. The van der Waals surface area contributed by atoms with E-state index in [1.165, 1.54) is 11.1 Å². The van der Waals surface area contributed by atoms with Crippen molar-refractivity contribution >= 4 is 33.2 Å². The molecule has 7 nitrogen and oxygen atoms in total. The number of hydrogen-bond donors (Lipinski definition) is 0. The van der Waals surface area contributed by atoms with E-state index in [-0.39, 0.29) is 0 Å². The Balaban J connectivity index is 1.67. The number of nitrogens with zero attached hydrogens (tertiary/aromatic N) is 5. The fourth-order valence-electron chi connectivity index (χ4n) is 6.50. The monoisotopic (exact) mass is 556 g/mol. The van der Waals surface area contributed by atoms with Crippen LogP contribution in [0.1, 0.15) is 26.7 Å². The quantitative estimate of drug-likeness (QED) is 0.144. The van der Waals surface area contributed by atoms with E-state index in [1.54, 1.807) is 14.2 Å². The summed E-state index contributed by atoms with van der Waals surface area (Å²) in [4.78, 5) is 2.44. The lowest BCUT2D eigenvalue weighted by Gasteiger charge is -2.34. The van der Waals surface area contributed by atoms with Gasteiger partial charge >= 0.3 is 0 Å². The van der Waals surface area contributed by atoms with Crippen LogP contribution in [0.5, 0.6) is 11.5 Å². The van der Waals surface area contributed by atoms with E-state index in [0.717, 1.165) is 87.6 Å². The van der Waals surface area contributed by atoms with E-state index in [0.29, 0.717) is 0 Å². The molecule has 0 bridgehead atoms. The number of benzene rings is 4. The molecule has 0 N–H and O–H groups in total. The topological polar surface area (TPSA) is 56.3 Å². The first kappa shape index (κ1) is 26.0. The van der Waals surface area contributed by atoms with Gasteiger partial charge in [0, 0.05) is 35.7 Å². The van der Waals surface area contributed by atoms with Crippen molar-refractivity contribution in [3.8, 4) is 39.6 Å². The van der Waals surface area contributed by atoms with Crippen LogP contribution in [0.15, 0.2) is 85.1 Å². The minimum Gasteiger partial charge on any atom is -0.496 e. The van der Waals surface area contributed by atoms with E-state index < -0.39 is 0 Å². The molecule has 210 valence electrons. The number of fused-ring (bicyclic) bond motifs is 4. The number of rotatable bonds is 8. The van der Waals surface area contributed by atoms with Gasteiger partial charge in [-0.1, -0.05) is 61.5 Å². The molecule has 1 aliphatic heterocycles. The molecule has 7 heteroatoms. The van der Waals surface area contributed by atoms with E-state index in [2.05, 4.69) is 94.3 Å². The van der Waals surface area contributed by atoms with Crippen LogP contribution in [-0.4, -0.2) is 35.8 Å². The number of aryl methyl sites for hydroxylation is 1. The summed E-state index contributed by atoms with van der Waals surface area (Å²) in [5.74, 6) is 1.69. The largest absolute Gasteiger partial charge is 0.496 e. The van der Waals surface area contributed by atoms with Gasteiger partial charge in [0.25, 0.3) is 0 Å². The summed E-state index contributed by atoms with van der Waals surface area (Å²) in [6.07, 6.45) is 4.00. The number of ether oxygens (including phenoxy) is 2. The van der Waals surface area contributed by atoms with Gasteiger partial charge < -0.3 is 14.4 Å². The molecule has 4 aromatic carbocycles. The first-order valence-electron chi connectivity index (χ1n) is 14.6. The second kappa shape index (κ2) is 10.5. The maximum Gasteiger partial charge on any atom is 0.241 e. The summed E-state index contributed by atoms with van der Waals surface area (Å²) in [6.45, 7) is 6.16. The maximum absolute atomic E-state index is 6.05. The zero-order chi connectivity index (χ0) is 28.8. The summed E-state index contributed by atoms with van der Waals surface area (Å²) in [6, 6.07) is 27.3. The average molecular weight is 557 g/mol. The standard InChI is InChI=1S/C35H34N5O2/c1-5-20-38-25-14-10-16-29(41-3)31(25)34-32-26(15-11-17-30(32)42-4)39(21-6-2)35-28(19-18-27(38)33(34)35)40-22-24(36-37-40)23-12-8-7-9-13-23/h7-19,22H,5-6,20-21H2,1-4H3/q+1. The summed E-state index contributed by atoms with van der Waals surface area (Å²) in [5, 5.41) is 11.5. The summed E-state index contributed by atoms with van der Waals surface area (Å²) in [7, 11) is 3.51. The van der Waals surface area contributed by atoms with Crippen LogP contribution in [-0.2, 0) is 6.54 Å². The molecule has 1 aliphatic rings. The van der Waals surface area contributed by atoms with Crippen LogP contribution in [0.25, 0.3) is 49.9 Å². The molecule has 0 fully saturated rings. The van der Waals surface area contributed by atoms with Gasteiger partial charge in [-0.25, -0.2) is 4.68 Å². The van der Waals surface area contributed by atoms with Crippen LogP contribution in [0.4, 0.5) is 11.4 Å². The predicted octanol–water partition coefficient (Wildman–Crippen LogP) is 7.48. The minimum absolute atomic E-state index is 0.837. The van der Waals surface area contributed by atoms with Crippen LogP contribution < -0.4 is 18.9 Å². The molecule has 3 heterocycles. The van der Waals surface area contributed by atoms with E-state index in [9.17, 15) is 0 Å². The Morgan fingerprint density at radius 1 is 0.714 bits per heavy atom. The summed E-state index contributed by atoms with van der Waals surface area (Å²) < 4.78 is 16.5. The van der Waals surface area contributed by atoms with Crippen LogP contribution in [0.3, 0.4) is 0 Å². The van der Waals surface area contributed by atoms with Gasteiger partial charge in [-0.3, -0.25) is 0 Å². The van der Waals surface area contributed by atoms with Gasteiger partial charge in [0.05, 0.1) is 42.6 Å². The van der Waals surface area contributed by atoms with Crippen molar-refractivity contribution in [2.75, 3.05) is 25.7 Å². The minimum atomic E-state index is 0.837. The number of anilines is 2. The lowest BCUT2D eigenvalue weighted by molar-refractivity contribution is -0.645. The molecule has 42 heavy (non-hydrogen) atoms. The Labute approximate surface area is 245 Å². The van der Waals surface area contributed by atoms with Gasteiger partial charge in [0.1, 0.15) is 29.4 Å². The lowest BCUT2D eigenvalue weighted by atomic mass is 9.88. The fourth-order valence-corrected chi connectivity index (χ4v) is 6.50. The molecule has 0 saturated carbocycles. The van der Waals surface area contributed by atoms with E-state index in [4.69, 9.17) is 9.47 Å². The maximum atomic E-state index is 6.05. The molecular weight excluding hydrogens is 522 g/mol. The third-order valence-corrected chi connectivity index (χ3v) is 8.18. The summed E-state index contributed by atoms with van der Waals surface area (Å²) >= 11 is 0. The van der Waals surface area contributed by atoms with Crippen molar-refractivity contribution in [1.29, 1.82) is 0 Å².